The quantitative estimate of drug-likeness (QED) is 0.276. The van der Waals surface area contributed by atoms with Crippen molar-refractivity contribution in [2.75, 3.05) is 0 Å². The van der Waals surface area contributed by atoms with E-state index < -0.39 is 0 Å². The van der Waals surface area contributed by atoms with E-state index in [0.717, 1.165) is 27.3 Å². The minimum atomic E-state index is -0.268. The SMILES string of the molecule is CC[C@H](Sc1nc2ccccc2[nH]1)C(=O)NN=C/C(C)=C/c1ccc(C(C)C)cc1. The van der Waals surface area contributed by atoms with E-state index in [1.807, 2.05) is 44.2 Å². The van der Waals surface area contributed by atoms with Gasteiger partial charge in [0, 0.05) is 0 Å². The molecular weight excluding hydrogens is 392 g/mol. The normalized spacial score (nSPS) is 13.3. The molecule has 0 aliphatic rings. The smallest absolute Gasteiger partial charge is 0.253 e. The van der Waals surface area contributed by atoms with Gasteiger partial charge in [0.15, 0.2) is 5.16 Å². The summed E-state index contributed by atoms with van der Waals surface area (Å²) in [6.45, 7) is 8.31. The lowest BCUT2D eigenvalue weighted by atomic mass is 10.0. The van der Waals surface area contributed by atoms with Crippen LogP contribution >= 0.6 is 11.8 Å². The van der Waals surface area contributed by atoms with Gasteiger partial charge in [0.1, 0.15) is 0 Å². The highest BCUT2D eigenvalue weighted by atomic mass is 32.2. The van der Waals surface area contributed by atoms with E-state index in [4.69, 9.17) is 0 Å². The number of H-pyrrole nitrogens is 1. The zero-order chi connectivity index (χ0) is 21.5. The molecule has 0 fully saturated rings. The van der Waals surface area contributed by atoms with Crippen molar-refractivity contribution in [3.8, 4) is 0 Å². The number of aromatic nitrogens is 2. The van der Waals surface area contributed by atoms with Crippen LogP contribution in [0, 0.1) is 0 Å². The van der Waals surface area contributed by atoms with Crippen LogP contribution in [0.5, 0.6) is 0 Å². The molecule has 1 aromatic heterocycles. The molecule has 156 valence electrons. The van der Waals surface area contributed by atoms with Gasteiger partial charge in [-0.1, -0.05) is 75.0 Å². The number of benzene rings is 2. The fourth-order valence-electron chi connectivity index (χ4n) is 2.99. The average molecular weight is 421 g/mol. The van der Waals surface area contributed by atoms with Crippen LogP contribution in [0.25, 0.3) is 17.1 Å². The van der Waals surface area contributed by atoms with E-state index >= 15 is 0 Å². The van der Waals surface area contributed by atoms with Crippen LogP contribution in [0.1, 0.15) is 51.2 Å². The van der Waals surface area contributed by atoms with E-state index in [-0.39, 0.29) is 11.2 Å². The van der Waals surface area contributed by atoms with E-state index in [1.54, 1.807) is 6.21 Å². The summed E-state index contributed by atoms with van der Waals surface area (Å²) in [5.41, 5.74) is 7.92. The first kappa shape index (κ1) is 21.8. The van der Waals surface area contributed by atoms with Crippen molar-refractivity contribution in [1.82, 2.24) is 15.4 Å². The summed E-state index contributed by atoms with van der Waals surface area (Å²) in [5.74, 6) is 0.387. The molecule has 1 amide bonds. The summed E-state index contributed by atoms with van der Waals surface area (Å²) in [7, 11) is 0. The second-order valence-corrected chi connectivity index (χ2v) is 8.71. The Morgan fingerprint density at radius 1 is 1.20 bits per heavy atom. The Hall–Kier alpha value is -2.86. The molecule has 0 spiro atoms. The summed E-state index contributed by atoms with van der Waals surface area (Å²) < 4.78 is 0. The first-order valence-corrected chi connectivity index (χ1v) is 11.1. The molecule has 0 bridgehead atoms. The van der Waals surface area contributed by atoms with Gasteiger partial charge >= 0.3 is 0 Å². The van der Waals surface area contributed by atoms with Gasteiger partial charge in [-0.05, 0) is 48.1 Å². The minimum absolute atomic E-state index is 0.131. The molecule has 0 aliphatic heterocycles. The summed E-state index contributed by atoms with van der Waals surface area (Å²) >= 11 is 1.42. The highest BCUT2D eigenvalue weighted by Crippen LogP contribution is 2.25. The number of thioether (sulfide) groups is 1. The van der Waals surface area contributed by atoms with Gasteiger partial charge < -0.3 is 4.98 Å². The standard InChI is InChI=1S/C24H28N4OS/c1-5-22(30-24-26-20-8-6-7-9-21(20)27-24)23(29)28-25-15-17(4)14-18-10-12-19(13-11-18)16(2)3/h6-16,22H,5H2,1-4H3,(H,26,27)(H,28,29)/b17-14+,25-15?/t22-/m0/s1. The van der Waals surface area contributed by atoms with Crippen LogP contribution < -0.4 is 5.43 Å². The largest absolute Gasteiger partial charge is 0.333 e. The van der Waals surface area contributed by atoms with Gasteiger partial charge in [-0.2, -0.15) is 5.10 Å². The highest BCUT2D eigenvalue weighted by Gasteiger charge is 2.19. The molecule has 0 saturated carbocycles. The maximum absolute atomic E-state index is 12.5. The zero-order valence-corrected chi connectivity index (χ0v) is 18.7. The van der Waals surface area contributed by atoms with E-state index in [9.17, 15) is 4.79 Å². The third-order valence-corrected chi connectivity index (χ3v) is 5.97. The number of rotatable bonds is 8. The van der Waals surface area contributed by atoms with Crippen molar-refractivity contribution in [3.05, 3.63) is 65.2 Å². The number of para-hydroxylation sites is 2. The van der Waals surface area contributed by atoms with Gasteiger partial charge in [-0.3, -0.25) is 4.79 Å². The molecule has 3 aromatic rings. The van der Waals surface area contributed by atoms with Crippen LogP contribution in [-0.4, -0.2) is 27.3 Å². The first-order valence-electron chi connectivity index (χ1n) is 10.2. The molecule has 1 heterocycles. The Balaban J connectivity index is 1.57. The number of hydrazone groups is 1. The Labute approximate surface area is 182 Å². The molecule has 0 radical (unpaired) electrons. The van der Waals surface area contributed by atoms with E-state index in [0.29, 0.717) is 12.3 Å². The van der Waals surface area contributed by atoms with Gasteiger partial charge in [0.2, 0.25) is 0 Å². The molecule has 0 saturated heterocycles. The van der Waals surface area contributed by atoms with Gasteiger partial charge in [0.05, 0.1) is 22.5 Å². The van der Waals surface area contributed by atoms with Crippen LogP contribution in [0.4, 0.5) is 0 Å². The minimum Gasteiger partial charge on any atom is -0.333 e. The number of amides is 1. The number of hydrogen-bond donors (Lipinski definition) is 2. The van der Waals surface area contributed by atoms with Crippen LogP contribution in [0.15, 0.2) is 64.4 Å². The lowest BCUT2D eigenvalue weighted by Crippen LogP contribution is -2.28. The van der Waals surface area contributed by atoms with Crippen molar-refractivity contribution in [1.29, 1.82) is 0 Å². The van der Waals surface area contributed by atoms with Crippen molar-refractivity contribution < 1.29 is 4.79 Å². The molecule has 6 heteroatoms. The lowest BCUT2D eigenvalue weighted by molar-refractivity contribution is -0.120. The molecule has 0 unspecified atom stereocenters. The van der Waals surface area contributed by atoms with Gasteiger partial charge in [-0.25, -0.2) is 10.4 Å². The third-order valence-electron chi connectivity index (χ3n) is 4.73. The number of carbonyl (C=O) groups excluding carboxylic acids is 1. The molecule has 1 atom stereocenters. The number of nitrogens with zero attached hydrogens (tertiary/aromatic N) is 2. The molecule has 2 aromatic carbocycles. The van der Waals surface area contributed by atoms with Gasteiger partial charge in [0.25, 0.3) is 5.91 Å². The first-order chi connectivity index (χ1) is 14.5. The maximum Gasteiger partial charge on any atom is 0.253 e. The predicted molar refractivity (Wildman–Crippen MR) is 127 cm³/mol. The second kappa shape index (κ2) is 10.3. The third kappa shape index (κ3) is 5.83. The Morgan fingerprint density at radius 3 is 2.60 bits per heavy atom. The number of allylic oxidation sites excluding steroid dienone is 1. The van der Waals surface area contributed by atoms with Gasteiger partial charge in [-0.15, -0.1) is 0 Å². The molecule has 30 heavy (non-hydrogen) atoms. The summed E-state index contributed by atoms with van der Waals surface area (Å²) in [6.07, 6.45) is 4.40. The van der Waals surface area contributed by atoms with Crippen LogP contribution in [0.3, 0.4) is 0 Å². The summed E-state index contributed by atoms with van der Waals surface area (Å²) in [6, 6.07) is 16.3. The topological polar surface area (TPSA) is 70.1 Å². The average Bonchev–Trinajstić information content (AvgIpc) is 3.14. The lowest BCUT2D eigenvalue weighted by Gasteiger charge is -2.10. The van der Waals surface area contributed by atoms with Crippen molar-refractivity contribution in [2.45, 2.75) is 50.4 Å². The van der Waals surface area contributed by atoms with Crippen molar-refractivity contribution in [2.24, 2.45) is 5.10 Å². The monoisotopic (exact) mass is 420 g/mol. The van der Waals surface area contributed by atoms with Crippen molar-refractivity contribution >= 4 is 41.0 Å². The van der Waals surface area contributed by atoms with Crippen molar-refractivity contribution in [3.63, 3.8) is 0 Å². The Morgan fingerprint density at radius 2 is 1.93 bits per heavy atom. The number of nitrogens with one attached hydrogen (secondary N) is 2. The number of aromatic amines is 1. The fourth-order valence-corrected chi connectivity index (χ4v) is 3.91. The molecule has 2 N–H and O–H groups in total. The molecule has 5 nitrogen and oxygen atoms in total. The Bertz CT molecular complexity index is 1020. The zero-order valence-electron chi connectivity index (χ0n) is 17.8. The maximum atomic E-state index is 12.5. The van der Waals surface area contributed by atoms with Crippen LogP contribution in [-0.2, 0) is 4.79 Å². The number of hydrogen-bond acceptors (Lipinski definition) is 4. The predicted octanol–water partition coefficient (Wildman–Crippen LogP) is 5.76. The van der Waals surface area contributed by atoms with Crippen LogP contribution in [0.2, 0.25) is 0 Å². The number of imidazole rings is 1. The van der Waals surface area contributed by atoms with E-state index in [1.165, 1.54) is 17.3 Å². The molecule has 0 aliphatic carbocycles. The Kier molecular flexibility index (Phi) is 7.46. The second-order valence-electron chi connectivity index (χ2n) is 7.52. The molecule has 3 rings (SSSR count). The fraction of sp³-hybridized carbons (Fsp3) is 0.292. The number of carbonyl (C=O) groups is 1. The summed E-state index contributed by atoms with van der Waals surface area (Å²) in [5, 5.41) is 4.60. The van der Waals surface area contributed by atoms with E-state index in [2.05, 4.69) is 58.6 Å². The molecular formula is C24H28N4OS. The highest BCUT2D eigenvalue weighted by molar-refractivity contribution is 8.00. The number of fused-ring (bicyclic) bond motifs is 1. The summed E-state index contributed by atoms with van der Waals surface area (Å²) in [4.78, 5) is 20.3.